The van der Waals surface area contributed by atoms with Crippen LogP contribution in [0.2, 0.25) is 10.0 Å². The van der Waals surface area contributed by atoms with Gasteiger partial charge in [0.1, 0.15) is 4.90 Å². The molecule has 1 aliphatic heterocycles. The largest absolute Gasteiger partial charge is 0.379 e. The minimum absolute atomic E-state index is 0.0707. The second-order valence-electron chi connectivity index (χ2n) is 4.91. The summed E-state index contributed by atoms with van der Waals surface area (Å²) >= 11 is 11.8. The minimum Gasteiger partial charge on any atom is -0.379 e. The van der Waals surface area contributed by atoms with Gasteiger partial charge >= 0.3 is 0 Å². The molecule has 22 heavy (non-hydrogen) atoms. The maximum absolute atomic E-state index is 12.4. The molecule has 0 amide bonds. The Morgan fingerprint density at radius 3 is 2.91 bits per heavy atom. The Kier molecular flexibility index (Phi) is 4.31. The smallest absolute Gasteiger partial charge is 0.263 e. The number of sulfonamides is 1. The van der Waals surface area contributed by atoms with Gasteiger partial charge in [-0.15, -0.1) is 0 Å². The first-order valence-electron chi connectivity index (χ1n) is 6.55. The highest BCUT2D eigenvalue weighted by atomic mass is 35.5. The standard InChI is InChI=1S/C13H13Cl2N3O3S/c14-9-1-2-12(15)13(5-9)22(19,20)17-10-6-16-18(7-10)11-3-4-21-8-11/h1-2,5-7,11,17H,3-4,8H2. The van der Waals surface area contributed by atoms with Gasteiger partial charge in [-0.2, -0.15) is 5.10 Å². The molecule has 0 bridgehead atoms. The van der Waals surface area contributed by atoms with E-state index in [1.54, 1.807) is 10.9 Å². The molecule has 9 heteroatoms. The van der Waals surface area contributed by atoms with E-state index in [0.29, 0.717) is 23.9 Å². The number of nitrogens with one attached hydrogen (secondary N) is 1. The average molecular weight is 362 g/mol. The van der Waals surface area contributed by atoms with Gasteiger partial charge in [0.25, 0.3) is 10.0 Å². The summed E-state index contributed by atoms with van der Waals surface area (Å²) in [4.78, 5) is -0.0707. The van der Waals surface area contributed by atoms with Crippen molar-refractivity contribution in [2.45, 2.75) is 17.4 Å². The maximum atomic E-state index is 12.4. The molecule has 0 saturated carbocycles. The molecular weight excluding hydrogens is 349 g/mol. The van der Waals surface area contributed by atoms with Gasteiger partial charge in [-0.1, -0.05) is 23.2 Å². The van der Waals surface area contributed by atoms with Crippen LogP contribution < -0.4 is 4.72 Å². The molecule has 1 aromatic carbocycles. The molecule has 1 unspecified atom stereocenters. The van der Waals surface area contributed by atoms with Crippen molar-refractivity contribution in [2.24, 2.45) is 0 Å². The summed E-state index contributed by atoms with van der Waals surface area (Å²) in [5.74, 6) is 0. The van der Waals surface area contributed by atoms with Crippen molar-refractivity contribution in [2.75, 3.05) is 17.9 Å². The van der Waals surface area contributed by atoms with Crippen molar-refractivity contribution in [1.82, 2.24) is 9.78 Å². The lowest BCUT2D eigenvalue weighted by Gasteiger charge is -2.09. The number of aromatic nitrogens is 2. The van der Waals surface area contributed by atoms with Crippen molar-refractivity contribution < 1.29 is 13.2 Å². The van der Waals surface area contributed by atoms with Gasteiger partial charge in [0, 0.05) is 17.8 Å². The van der Waals surface area contributed by atoms with Gasteiger partial charge in [-0.3, -0.25) is 9.40 Å². The van der Waals surface area contributed by atoms with E-state index < -0.39 is 10.0 Å². The molecule has 1 aliphatic rings. The van der Waals surface area contributed by atoms with Crippen molar-refractivity contribution >= 4 is 38.9 Å². The molecule has 0 spiro atoms. The number of anilines is 1. The van der Waals surface area contributed by atoms with E-state index in [4.69, 9.17) is 27.9 Å². The highest BCUT2D eigenvalue weighted by Crippen LogP contribution is 2.27. The Morgan fingerprint density at radius 2 is 2.18 bits per heavy atom. The summed E-state index contributed by atoms with van der Waals surface area (Å²) in [5.41, 5.74) is 0.364. The monoisotopic (exact) mass is 361 g/mol. The summed E-state index contributed by atoms with van der Waals surface area (Å²) in [6.45, 7) is 1.26. The lowest BCUT2D eigenvalue weighted by molar-refractivity contribution is 0.184. The zero-order chi connectivity index (χ0) is 15.7. The van der Waals surface area contributed by atoms with Crippen LogP contribution in [-0.4, -0.2) is 31.4 Å². The second kappa shape index (κ2) is 6.08. The van der Waals surface area contributed by atoms with E-state index in [9.17, 15) is 8.42 Å². The fourth-order valence-corrected chi connectivity index (χ4v) is 4.01. The van der Waals surface area contributed by atoms with Crippen LogP contribution in [0.5, 0.6) is 0 Å². The van der Waals surface area contributed by atoms with Crippen LogP contribution in [-0.2, 0) is 14.8 Å². The number of hydrogen-bond acceptors (Lipinski definition) is 4. The molecule has 1 fully saturated rings. The fourth-order valence-electron chi connectivity index (χ4n) is 2.21. The quantitative estimate of drug-likeness (QED) is 0.908. The van der Waals surface area contributed by atoms with Gasteiger partial charge in [0.15, 0.2) is 0 Å². The molecule has 6 nitrogen and oxygen atoms in total. The van der Waals surface area contributed by atoms with E-state index >= 15 is 0 Å². The fraction of sp³-hybridized carbons (Fsp3) is 0.308. The first kappa shape index (κ1) is 15.6. The van der Waals surface area contributed by atoms with Gasteiger partial charge < -0.3 is 4.74 Å². The predicted molar refractivity (Wildman–Crippen MR) is 84.0 cm³/mol. The zero-order valence-electron chi connectivity index (χ0n) is 11.4. The molecule has 118 valence electrons. The average Bonchev–Trinajstić information content (AvgIpc) is 3.11. The number of ether oxygens (including phenoxy) is 1. The second-order valence-corrected chi connectivity index (χ2v) is 7.40. The van der Waals surface area contributed by atoms with E-state index in [1.165, 1.54) is 24.4 Å². The molecule has 0 aliphatic carbocycles. The van der Waals surface area contributed by atoms with Crippen LogP contribution in [0.25, 0.3) is 0 Å². The molecule has 1 aromatic heterocycles. The lowest BCUT2D eigenvalue weighted by atomic mass is 10.3. The molecule has 2 aromatic rings. The Hall–Kier alpha value is -1.28. The van der Waals surface area contributed by atoms with E-state index in [-0.39, 0.29) is 16.0 Å². The van der Waals surface area contributed by atoms with Gasteiger partial charge in [0.05, 0.1) is 29.6 Å². The molecule has 1 N–H and O–H groups in total. The van der Waals surface area contributed by atoms with E-state index in [0.717, 1.165) is 6.42 Å². The van der Waals surface area contributed by atoms with Crippen LogP contribution in [0.1, 0.15) is 12.5 Å². The topological polar surface area (TPSA) is 73.2 Å². The summed E-state index contributed by atoms with van der Waals surface area (Å²) < 4.78 is 34.2. The van der Waals surface area contributed by atoms with Gasteiger partial charge in [-0.05, 0) is 24.6 Å². The van der Waals surface area contributed by atoms with Crippen LogP contribution in [0, 0.1) is 0 Å². The Labute approximate surface area is 138 Å². The van der Waals surface area contributed by atoms with E-state index in [2.05, 4.69) is 9.82 Å². The van der Waals surface area contributed by atoms with Crippen LogP contribution in [0.4, 0.5) is 5.69 Å². The Balaban J connectivity index is 1.83. The van der Waals surface area contributed by atoms with Crippen molar-refractivity contribution in [3.05, 3.63) is 40.6 Å². The highest BCUT2D eigenvalue weighted by molar-refractivity contribution is 7.92. The van der Waals surface area contributed by atoms with Crippen molar-refractivity contribution in [3.8, 4) is 0 Å². The number of nitrogens with zero attached hydrogens (tertiary/aromatic N) is 2. The minimum atomic E-state index is -3.83. The molecular formula is C13H13Cl2N3O3S. The number of hydrogen-bond donors (Lipinski definition) is 1. The molecule has 2 heterocycles. The SMILES string of the molecule is O=S(=O)(Nc1cnn(C2CCOC2)c1)c1cc(Cl)ccc1Cl. The third-order valence-corrected chi connectivity index (χ3v) is 5.41. The lowest BCUT2D eigenvalue weighted by Crippen LogP contribution is -2.13. The third kappa shape index (κ3) is 3.22. The summed E-state index contributed by atoms with van der Waals surface area (Å²) in [7, 11) is -3.83. The molecule has 1 saturated heterocycles. The first-order chi connectivity index (χ1) is 10.5. The van der Waals surface area contributed by atoms with Crippen LogP contribution in [0.3, 0.4) is 0 Å². The van der Waals surface area contributed by atoms with Crippen molar-refractivity contribution in [3.63, 3.8) is 0 Å². The third-order valence-electron chi connectivity index (χ3n) is 3.32. The summed E-state index contributed by atoms with van der Waals surface area (Å²) in [5, 5.41) is 4.57. The number of benzene rings is 1. The Bertz CT molecular complexity index is 786. The van der Waals surface area contributed by atoms with Gasteiger partial charge in [0.2, 0.25) is 0 Å². The van der Waals surface area contributed by atoms with Crippen LogP contribution in [0.15, 0.2) is 35.5 Å². The zero-order valence-corrected chi connectivity index (χ0v) is 13.7. The highest BCUT2D eigenvalue weighted by Gasteiger charge is 2.22. The van der Waals surface area contributed by atoms with Gasteiger partial charge in [-0.25, -0.2) is 8.42 Å². The summed E-state index contributed by atoms with van der Waals surface area (Å²) in [6, 6.07) is 4.41. The summed E-state index contributed by atoms with van der Waals surface area (Å²) in [6.07, 6.45) is 3.94. The normalized spacial score (nSPS) is 18.5. The maximum Gasteiger partial charge on any atom is 0.263 e. The predicted octanol–water partition coefficient (Wildman–Crippen LogP) is 2.95. The Morgan fingerprint density at radius 1 is 1.36 bits per heavy atom. The van der Waals surface area contributed by atoms with Crippen LogP contribution >= 0.6 is 23.2 Å². The molecule has 3 rings (SSSR count). The molecule has 1 atom stereocenters. The first-order valence-corrected chi connectivity index (χ1v) is 8.79. The van der Waals surface area contributed by atoms with E-state index in [1.807, 2.05) is 0 Å². The number of halogens is 2. The van der Waals surface area contributed by atoms with Crippen molar-refractivity contribution in [1.29, 1.82) is 0 Å². The number of rotatable bonds is 4. The molecule has 0 radical (unpaired) electrons.